The maximum Gasteiger partial charge on any atom is 0.409 e. The maximum atomic E-state index is 14.3. The van der Waals surface area contributed by atoms with E-state index in [9.17, 15) is 22.4 Å². The van der Waals surface area contributed by atoms with Crippen molar-refractivity contribution in [2.24, 2.45) is 12.8 Å². The van der Waals surface area contributed by atoms with Crippen molar-refractivity contribution >= 4 is 28.2 Å². The minimum absolute atomic E-state index is 0.0246. The van der Waals surface area contributed by atoms with Gasteiger partial charge in [-0.15, -0.1) is 0 Å². The van der Waals surface area contributed by atoms with Crippen LogP contribution in [0.3, 0.4) is 0 Å². The third-order valence-electron chi connectivity index (χ3n) is 5.22. The molecule has 0 bridgehead atoms. The molecule has 1 aromatic heterocycles. The first-order chi connectivity index (χ1) is 15.0. The smallest absolute Gasteiger partial charge is 0.409 e. The van der Waals surface area contributed by atoms with Crippen LogP contribution >= 0.6 is 11.8 Å². The number of nitrogens with two attached hydrogens (primary N) is 1. The fourth-order valence-corrected chi connectivity index (χ4v) is 4.33. The molecule has 3 rings (SSSR count). The molecule has 1 heterocycles. The molecule has 32 heavy (non-hydrogen) atoms. The molecular formula is C21H22F4N4O2S. The Balaban J connectivity index is 2.26. The van der Waals surface area contributed by atoms with Crippen LogP contribution in [0.25, 0.3) is 10.8 Å². The predicted molar refractivity (Wildman–Crippen MR) is 118 cm³/mol. The Morgan fingerprint density at radius 2 is 1.97 bits per heavy atom. The van der Waals surface area contributed by atoms with Gasteiger partial charge in [-0.3, -0.25) is 4.79 Å². The highest BCUT2D eigenvalue weighted by Gasteiger charge is 2.57. The number of anilines is 1. The number of hydrogen-bond acceptors (Lipinski definition) is 6. The molecule has 0 aliphatic carbocycles. The van der Waals surface area contributed by atoms with Crippen LogP contribution in [-0.2, 0) is 7.05 Å². The van der Waals surface area contributed by atoms with Crippen molar-refractivity contribution in [2.45, 2.75) is 17.8 Å². The van der Waals surface area contributed by atoms with Gasteiger partial charge in [-0.05, 0) is 24.5 Å². The molecule has 0 radical (unpaired) electrons. The Morgan fingerprint density at radius 3 is 2.59 bits per heavy atom. The summed E-state index contributed by atoms with van der Waals surface area (Å²) in [5, 5.41) is 7.44. The third kappa shape index (κ3) is 4.26. The van der Waals surface area contributed by atoms with Gasteiger partial charge in [-0.25, -0.2) is 9.07 Å². The second-order valence-corrected chi connectivity index (χ2v) is 8.14. The molecule has 2 unspecified atom stereocenters. The second-order valence-electron chi connectivity index (χ2n) is 7.27. The van der Waals surface area contributed by atoms with Gasteiger partial charge in [0.1, 0.15) is 17.1 Å². The van der Waals surface area contributed by atoms with Gasteiger partial charge in [0.15, 0.2) is 0 Å². The van der Waals surface area contributed by atoms with Gasteiger partial charge >= 0.3 is 6.18 Å². The molecule has 11 heteroatoms. The van der Waals surface area contributed by atoms with Crippen molar-refractivity contribution in [3.05, 3.63) is 64.3 Å². The van der Waals surface area contributed by atoms with E-state index in [0.717, 1.165) is 28.6 Å². The number of alkyl halides is 3. The van der Waals surface area contributed by atoms with E-state index in [1.165, 1.54) is 38.7 Å². The molecule has 2 atom stereocenters. The highest BCUT2D eigenvalue weighted by Crippen LogP contribution is 2.44. The fourth-order valence-electron chi connectivity index (χ4n) is 3.52. The van der Waals surface area contributed by atoms with E-state index >= 15 is 0 Å². The normalized spacial score (nSPS) is 14.8. The topological polar surface area (TPSA) is 82.2 Å². The summed E-state index contributed by atoms with van der Waals surface area (Å²) >= 11 is 0.928. The first-order valence-corrected chi connectivity index (χ1v) is 10.8. The first kappa shape index (κ1) is 23.9. The lowest BCUT2D eigenvalue weighted by Crippen LogP contribution is -2.61. The molecule has 0 amide bonds. The van der Waals surface area contributed by atoms with Crippen molar-refractivity contribution in [1.29, 1.82) is 0 Å². The Bertz CT molecular complexity index is 1180. The number of nitrogens with zero attached hydrogens (tertiary/aromatic N) is 2. The van der Waals surface area contributed by atoms with Crippen LogP contribution in [0.1, 0.15) is 11.6 Å². The molecule has 3 N–H and O–H groups in total. The van der Waals surface area contributed by atoms with E-state index in [0.29, 0.717) is 5.39 Å². The van der Waals surface area contributed by atoms with Crippen molar-refractivity contribution in [1.82, 2.24) is 9.78 Å². The highest BCUT2D eigenvalue weighted by atomic mass is 32.2. The number of methoxy groups -OCH3 is 1. The average molecular weight is 470 g/mol. The van der Waals surface area contributed by atoms with Gasteiger partial charge in [0, 0.05) is 35.5 Å². The van der Waals surface area contributed by atoms with Crippen LogP contribution < -0.4 is 21.3 Å². The molecule has 3 aromatic rings. The second kappa shape index (κ2) is 8.99. The summed E-state index contributed by atoms with van der Waals surface area (Å²) in [4.78, 5) is 12.4. The molecular weight excluding hydrogens is 448 g/mol. The molecule has 6 nitrogen and oxygen atoms in total. The van der Waals surface area contributed by atoms with Gasteiger partial charge in [0.2, 0.25) is 0 Å². The number of aryl methyl sites for hydroxylation is 1. The zero-order valence-electron chi connectivity index (χ0n) is 17.5. The molecule has 0 saturated heterocycles. The molecule has 0 aliphatic heterocycles. The standard InChI is InChI=1S/C21H22F4N4O2S/c1-29-19(30)13-5-4-6-16(15(13)10-27-29)28-18(20(26,11-32-3)21(23,24)25)14-8-7-12(22)9-17(14)31-2/h4-10,18,28H,11,26H2,1-3H3. The van der Waals surface area contributed by atoms with E-state index in [2.05, 4.69) is 10.4 Å². The van der Waals surface area contributed by atoms with Gasteiger partial charge in [0.25, 0.3) is 5.56 Å². The first-order valence-electron chi connectivity index (χ1n) is 9.43. The average Bonchev–Trinajstić information content (AvgIpc) is 2.74. The Labute approximate surface area is 185 Å². The summed E-state index contributed by atoms with van der Waals surface area (Å²) < 4.78 is 63.0. The summed E-state index contributed by atoms with van der Waals surface area (Å²) in [5.41, 5.74) is 3.12. The number of thioether (sulfide) groups is 1. The van der Waals surface area contributed by atoms with Crippen molar-refractivity contribution in [2.75, 3.05) is 24.4 Å². The molecule has 0 aliphatic rings. The van der Waals surface area contributed by atoms with E-state index < -0.39 is 34.9 Å². The minimum Gasteiger partial charge on any atom is -0.496 e. The van der Waals surface area contributed by atoms with Crippen molar-refractivity contribution in [3.63, 3.8) is 0 Å². The number of halogens is 4. The number of aromatic nitrogens is 2. The van der Waals surface area contributed by atoms with Crippen LogP contribution in [0, 0.1) is 5.82 Å². The van der Waals surface area contributed by atoms with Crippen LogP contribution in [-0.4, -0.2) is 40.6 Å². The fraction of sp³-hybridized carbons (Fsp3) is 0.333. The zero-order chi connectivity index (χ0) is 23.7. The van der Waals surface area contributed by atoms with Crippen LogP contribution in [0.5, 0.6) is 5.75 Å². The molecule has 0 spiro atoms. The monoisotopic (exact) mass is 470 g/mol. The van der Waals surface area contributed by atoms with Crippen LogP contribution in [0.4, 0.5) is 23.2 Å². The minimum atomic E-state index is -4.83. The lowest BCUT2D eigenvalue weighted by Gasteiger charge is -2.40. The van der Waals surface area contributed by atoms with E-state index in [1.807, 2.05) is 0 Å². The Kier molecular flexibility index (Phi) is 6.70. The van der Waals surface area contributed by atoms with Crippen LogP contribution in [0.15, 0.2) is 47.4 Å². The predicted octanol–water partition coefficient (Wildman–Crippen LogP) is 3.86. The van der Waals surface area contributed by atoms with Gasteiger partial charge in [-0.1, -0.05) is 12.1 Å². The molecule has 0 saturated carbocycles. The summed E-state index contributed by atoms with van der Waals surface area (Å²) in [7, 11) is 2.71. The SMILES string of the molecule is COc1cc(F)ccc1C(Nc1cccc2c(=O)n(C)ncc12)C(N)(CSC)C(F)(F)F. The van der Waals surface area contributed by atoms with E-state index in [1.54, 1.807) is 12.1 Å². The lowest BCUT2D eigenvalue weighted by molar-refractivity contribution is -0.183. The maximum absolute atomic E-state index is 14.3. The van der Waals surface area contributed by atoms with E-state index in [4.69, 9.17) is 10.5 Å². The number of rotatable bonds is 7. The lowest BCUT2D eigenvalue weighted by atomic mass is 9.85. The number of ether oxygens (including phenoxy) is 1. The number of fused-ring (bicyclic) bond motifs is 1. The summed E-state index contributed by atoms with van der Waals surface area (Å²) in [5.74, 6) is -1.24. The largest absolute Gasteiger partial charge is 0.496 e. The van der Waals surface area contributed by atoms with Gasteiger partial charge < -0.3 is 15.8 Å². The molecule has 2 aromatic carbocycles. The summed E-state index contributed by atoms with van der Waals surface area (Å²) in [6.07, 6.45) is -1.93. The number of benzene rings is 2. The Morgan fingerprint density at radius 1 is 1.25 bits per heavy atom. The summed E-state index contributed by atoms with van der Waals surface area (Å²) in [6, 6.07) is 6.32. The third-order valence-corrected chi connectivity index (χ3v) is 5.99. The highest BCUT2D eigenvalue weighted by molar-refractivity contribution is 7.98. The Hall–Kier alpha value is -2.79. The van der Waals surface area contributed by atoms with Crippen molar-refractivity contribution < 1.29 is 22.3 Å². The summed E-state index contributed by atoms with van der Waals surface area (Å²) in [6.45, 7) is 0. The zero-order valence-corrected chi connectivity index (χ0v) is 18.4. The quantitative estimate of drug-likeness (QED) is 0.511. The van der Waals surface area contributed by atoms with Gasteiger partial charge in [-0.2, -0.15) is 30.0 Å². The van der Waals surface area contributed by atoms with Crippen molar-refractivity contribution in [3.8, 4) is 5.75 Å². The molecule has 0 fully saturated rings. The number of nitrogens with one attached hydrogen (secondary N) is 1. The molecule has 172 valence electrons. The van der Waals surface area contributed by atoms with Crippen LogP contribution in [0.2, 0.25) is 0 Å². The van der Waals surface area contributed by atoms with Gasteiger partial charge in [0.05, 0.1) is 24.7 Å². The number of hydrogen-bond donors (Lipinski definition) is 2. The van der Waals surface area contributed by atoms with E-state index in [-0.39, 0.29) is 22.4 Å².